The Bertz CT molecular complexity index is 697. The number of sulfone groups is 1. The summed E-state index contributed by atoms with van der Waals surface area (Å²) in [6, 6.07) is 4.63. The molecule has 6 nitrogen and oxygen atoms in total. The number of benzene rings is 1. The molecule has 0 radical (unpaired) electrons. The van der Waals surface area contributed by atoms with Crippen LogP contribution in [0.15, 0.2) is 23.1 Å². The molecule has 0 aromatic heterocycles. The SMILES string of the molecule is CCS(=O)(=O)CC(C)Nc1ccc(C)c(S(=O)(=O)NC)c1. The highest BCUT2D eigenvalue weighted by molar-refractivity contribution is 7.91. The van der Waals surface area contributed by atoms with Gasteiger partial charge in [-0.1, -0.05) is 13.0 Å². The van der Waals surface area contributed by atoms with Gasteiger partial charge in [-0.05, 0) is 38.6 Å². The zero-order valence-electron chi connectivity index (χ0n) is 12.7. The Balaban J connectivity index is 2.99. The summed E-state index contributed by atoms with van der Waals surface area (Å²) in [4.78, 5) is 0.181. The number of nitrogens with one attached hydrogen (secondary N) is 2. The largest absolute Gasteiger partial charge is 0.382 e. The van der Waals surface area contributed by atoms with Crippen molar-refractivity contribution in [2.24, 2.45) is 0 Å². The highest BCUT2D eigenvalue weighted by atomic mass is 32.2. The maximum absolute atomic E-state index is 11.9. The lowest BCUT2D eigenvalue weighted by Crippen LogP contribution is -2.27. The zero-order valence-corrected chi connectivity index (χ0v) is 14.3. The van der Waals surface area contributed by atoms with Gasteiger partial charge in [-0.3, -0.25) is 0 Å². The van der Waals surface area contributed by atoms with Crippen molar-refractivity contribution in [2.75, 3.05) is 23.9 Å². The maximum atomic E-state index is 11.9. The van der Waals surface area contributed by atoms with Gasteiger partial charge in [0.05, 0.1) is 10.6 Å². The Labute approximate surface area is 126 Å². The predicted octanol–water partition coefficient (Wildman–Crippen LogP) is 1.14. The van der Waals surface area contributed by atoms with Crippen molar-refractivity contribution in [1.82, 2.24) is 4.72 Å². The van der Waals surface area contributed by atoms with Crippen molar-refractivity contribution >= 4 is 25.5 Å². The second-order valence-electron chi connectivity index (χ2n) is 4.93. The minimum Gasteiger partial charge on any atom is -0.382 e. The van der Waals surface area contributed by atoms with E-state index in [4.69, 9.17) is 0 Å². The molecule has 1 atom stereocenters. The summed E-state index contributed by atoms with van der Waals surface area (Å²) in [6.45, 7) is 5.06. The van der Waals surface area contributed by atoms with Crippen LogP contribution in [0.25, 0.3) is 0 Å². The first-order chi connectivity index (χ1) is 9.61. The summed E-state index contributed by atoms with van der Waals surface area (Å²) in [7, 11) is -5.27. The Morgan fingerprint density at radius 2 is 1.81 bits per heavy atom. The molecule has 0 heterocycles. The maximum Gasteiger partial charge on any atom is 0.240 e. The summed E-state index contributed by atoms with van der Waals surface area (Å²) in [6.07, 6.45) is 0. The summed E-state index contributed by atoms with van der Waals surface area (Å²) >= 11 is 0. The molecule has 0 spiro atoms. The van der Waals surface area contributed by atoms with Crippen LogP contribution in [0.3, 0.4) is 0 Å². The highest BCUT2D eigenvalue weighted by Gasteiger charge is 2.17. The minimum absolute atomic E-state index is 0.00544. The molecular weight excluding hydrogens is 312 g/mol. The van der Waals surface area contributed by atoms with Gasteiger partial charge in [0.15, 0.2) is 9.84 Å². The van der Waals surface area contributed by atoms with E-state index in [0.29, 0.717) is 11.3 Å². The van der Waals surface area contributed by atoms with E-state index >= 15 is 0 Å². The van der Waals surface area contributed by atoms with Gasteiger partial charge in [0.1, 0.15) is 0 Å². The fraction of sp³-hybridized carbons (Fsp3) is 0.538. The Morgan fingerprint density at radius 3 is 2.33 bits per heavy atom. The zero-order chi connectivity index (χ0) is 16.3. The molecular formula is C13H22N2O4S2. The molecule has 8 heteroatoms. The van der Waals surface area contributed by atoms with Gasteiger partial charge < -0.3 is 5.32 Å². The van der Waals surface area contributed by atoms with Crippen LogP contribution in [0, 0.1) is 6.92 Å². The quantitative estimate of drug-likeness (QED) is 0.780. The van der Waals surface area contributed by atoms with Gasteiger partial charge >= 0.3 is 0 Å². The van der Waals surface area contributed by atoms with Gasteiger partial charge in [-0.15, -0.1) is 0 Å². The number of aryl methyl sites for hydroxylation is 1. The monoisotopic (exact) mass is 334 g/mol. The topological polar surface area (TPSA) is 92.3 Å². The fourth-order valence-corrected chi connectivity index (χ4v) is 3.99. The summed E-state index contributed by atoms with van der Waals surface area (Å²) in [5.41, 5.74) is 1.21. The standard InChI is InChI=1S/C13H22N2O4S2/c1-5-20(16,17)9-11(3)15-12-7-6-10(2)13(8-12)21(18,19)14-4/h6-8,11,14-15H,5,9H2,1-4H3. The summed E-state index contributed by atoms with van der Waals surface area (Å²) in [5.74, 6) is 0.0950. The van der Waals surface area contributed by atoms with Crippen LogP contribution in [0.1, 0.15) is 19.4 Å². The molecule has 0 fully saturated rings. The van der Waals surface area contributed by atoms with Crippen LogP contribution in [-0.2, 0) is 19.9 Å². The second-order valence-corrected chi connectivity index (χ2v) is 9.18. The van der Waals surface area contributed by atoms with Gasteiger partial charge in [-0.2, -0.15) is 0 Å². The van der Waals surface area contributed by atoms with E-state index in [1.807, 2.05) is 0 Å². The lowest BCUT2D eigenvalue weighted by atomic mass is 10.2. The van der Waals surface area contributed by atoms with Gasteiger partial charge in [-0.25, -0.2) is 21.6 Å². The van der Waals surface area contributed by atoms with E-state index < -0.39 is 19.9 Å². The van der Waals surface area contributed by atoms with Crippen LogP contribution in [0.4, 0.5) is 5.69 Å². The minimum atomic E-state index is -3.54. The van der Waals surface area contributed by atoms with E-state index in [-0.39, 0.29) is 22.4 Å². The van der Waals surface area contributed by atoms with E-state index in [2.05, 4.69) is 10.0 Å². The molecule has 21 heavy (non-hydrogen) atoms. The molecule has 0 saturated carbocycles. The third kappa shape index (κ3) is 4.98. The average Bonchev–Trinajstić information content (AvgIpc) is 2.40. The van der Waals surface area contributed by atoms with Crippen LogP contribution in [-0.4, -0.2) is 41.4 Å². The molecule has 2 N–H and O–H groups in total. The first kappa shape index (κ1) is 17.9. The Morgan fingerprint density at radius 1 is 1.19 bits per heavy atom. The predicted molar refractivity (Wildman–Crippen MR) is 84.8 cm³/mol. The first-order valence-electron chi connectivity index (χ1n) is 6.62. The van der Waals surface area contributed by atoms with Crippen LogP contribution < -0.4 is 10.0 Å². The smallest absolute Gasteiger partial charge is 0.240 e. The number of sulfonamides is 1. The lowest BCUT2D eigenvalue weighted by Gasteiger charge is -2.16. The number of rotatable bonds is 7. The van der Waals surface area contributed by atoms with Crippen molar-refractivity contribution in [1.29, 1.82) is 0 Å². The number of hydrogen-bond acceptors (Lipinski definition) is 5. The Hall–Kier alpha value is -1.12. The molecule has 0 aliphatic carbocycles. The Kier molecular flexibility index (Phi) is 5.77. The fourth-order valence-electron chi connectivity index (χ4n) is 1.91. The number of hydrogen-bond donors (Lipinski definition) is 2. The van der Waals surface area contributed by atoms with Crippen LogP contribution in [0.2, 0.25) is 0 Å². The van der Waals surface area contributed by atoms with Crippen molar-refractivity contribution in [3.05, 3.63) is 23.8 Å². The van der Waals surface area contributed by atoms with E-state index in [9.17, 15) is 16.8 Å². The molecule has 0 aliphatic heterocycles. The van der Waals surface area contributed by atoms with E-state index in [1.165, 1.54) is 13.1 Å². The third-order valence-electron chi connectivity index (χ3n) is 3.10. The van der Waals surface area contributed by atoms with Gasteiger partial charge in [0.2, 0.25) is 10.0 Å². The molecule has 120 valence electrons. The van der Waals surface area contributed by atoms with E-state index in [1.54, 1.807) is 32.9 Å². The van der Waals surface area contributed by atoms with Crippen LogP contribution in [0.5, 0.6) is 0 Å². The lowest BCUT2D eigenvalue weighted by molar-refractivity contribution is 0.586. The molecule has 1 aromatic rings. The number of anilines is 1. The molecule has 0 amide bonds. The first-order valence-corrected chi connectivity index (χ1v) is 9.93. The van der Waals surface area contributed by atoms with Crippen molar-refractivity contribution < 1.29 is 16.8 Å². The normalized spacial score (nSPS) is 13.9. The molecule has 0 aliphatic rings. The molecule has 1 rings (SSSR count). The van der Waals surface area contributed by atoms with Crippen molar-refractivity contribution in [3.63, 3.8) is 0 Å². The van der Waals surface area contributed by atoms with E-state index in [0.717, 1.165) is 0 Å². The average molecular weight is 334 g/mol. The molecule has 1 unspecified atom stereocenters. The third-order valence-corrected chi connectivity index (χ3v) is 6.55. The molecule has 0 saturated heterocycles. The summed E-state index contributed by atoms with van der Waals surface area (Å²) in [5, 5.41) is 3.02. The van der Waals surface area contributed by atoms with Gasteiger partial charge in [0, 0.05) is 17.5 Å². The van der Waals surface area contributed by atoms with Crippen molar-refractivity contribution in [3.8, 4) is 0 Å². The molecule has 1 aromatic carbocycles. The molecule has 0 bridgehead atoms. The summed E-state index contributed by atoms with van der Waals surface area (Å²) < 4.78 is 49.2. The second kappa shape index (κ2) is 6.76. The van der Waals surface area contributed by atoms with Crippen molar-refractivity contribution in [2.45, 2.75) is 31.7 Å². The highest BCUT2D eigenvalue weighted by Crippen LogP contribution is 2.20. The van der Waals surface area contributed by atoms with Gasteiger partial charge in [0.25, 0.3) is 0 Å². The van der Waals surface area contributed by atoms with Crippen LogP contribution >= 0.6 is 0 Å².